The Labute approximate surface area is 246 Å². The third-order valence-electron chi connectivity index (χ3n) is 6.50. The molecular weight excluding hydrogens is 590 g/mol. The van der Waals surface area contributed by atoms with E-state index in [2.05, 4.69) is 21.2 Å². The molecule has 3 aromatic rings. The monoisotopic (exact) mass is 627 g/mol. The molecule has 1 atom stereocenters. The molecule has 2 amide bonds. The van der Waals surface area contributed by atoms with Gasteiger partial charge < -0.3 is 10.2 Å². The largest absolute Gasteiger partial charge is 0.354 e. The molecule has 0 bridgehead atoms. The average Bonchev–Trinajstić information content (AvgIpc) is 2.89. The Kier molecular flexibility index (Phi) is 10.6. The number of nitrogens with zero attached hydrogens (tertiary/aromatic N) is 2. The second kappa shape index (κ2) is 13.5. The van der Waals surface area contributed by atoms with Gasteiger partial charge in [0, 0.05) is 17.6 Å². The van der Waals surface area contributed by atoms with Gasteiger partial charge in [0.1, 0.15) is 12.6 Å². The van der Waals surface area contributed by atoms with Crippen molar-refractivity contribution in [1.82, 2.24) is 10.2 Å². The molecule has 0 saturated carbocycles. The smallest absolute Gasteiger partial charge is 0.264 e. The van der Waals surface area contributed by atoms with Crippen molar-refractivity contribution in [1.29, 1.82) is 0 Å². The van der Waals surface area contributed by atoms with E-state index < -0.39 is 28.5 Å². The van der Waals surface area contributed by atoms with Crippen LogP contribution in [-0.2, 0) is 26.2 Å². The van der Waals surface area contributed by atoms with Crippen LogP contribution in [-0.4, -0.2) is 44.3 Å². The fraction of sp³-hybridized carbons (Fsp3) is 0.355. The third kappa shape index (κ3) is 8.17. The van der Waals surface area contributed by atoms with Crippen molar-refractivity contribution in [2.75, 3.05) is 17.4 Å². The molecule has 40 heavy (non-hydrogen) atoms. The van der Waals surface area contributed by atoms with Crippen molar-refractivity contribution in [2.45, 2.75) is 59.0 Å². The highest BCUT2D eigenvalue weighted by molar-refractivity contribution is 9.10. The summed E-state index contributed by atoms with van der Waals surface area (Å²) in [5.41, 5.74) is 3.89. The Morgan fingerprint density at radius 2 is 1.43 bits per heavy atom. The Morgan fingerprint density at radius 3 is 1.98 bits per heavy atom. The van der Waals surface area contributed by atoms with E-state index in [0.29, 0.717) is 12.2 Å². The Balaban J connectivity index is 2.04. The van der Waals surface area contributed by atoms with Gasteiger partial charge in [0.05, 0.1) is 10.6 Å². The number of carbonyl (C=O) groups excluding carboxylic acids is 2. The Morgan fingerprint density at radius 1 is 0.850 bits per heavy atom. The van der Waals surface area contributed by atoms with Crippen molar-refractivity contribution in [2.24, 2.45) is 5.92 Å². The van der Waals surface area contributed by atoms with Gasteiger partial charge in [0.15, 0.2) is 0 Å². The highest BCUT2D eigenvalue weighted by atomic mass is 79.9. The summed E-state index contributed by atoms with van der Waals surface area (Å²) in [4.78, 5) is 28.6. The van der Waals surface area contributed by atoms with E-state index >= 15 is 0 Å². The topological polar surface area (TPSA) is 86.8 Å². The molecule has 214 valence electrons. The second-order valence-corrected chi connectivity index (χ2v) is 13.4. The molecule has 3 aromatic carbocycles. The lowest BCUT2D eigenvalue weighted by Gasteiger charge is -2.32. The number of anilines is 1. The first kappa shape index (κ1) is 31.4. The van der Waals surface area contributed by atoms with Crippen LogP contribution in [0, 0.1) is 26.7 Å². The number of hydrogen-bond donors (Lipinski definition) is 1. The van der Waals surface area contributed by atoms with Crippen LogP contribution in [0.25, 0.3) is 0 Å². The van der Waals surface area contributed by atoms with Crippen LogP contribution in [0.15, 0.2) is 76.1 Å². The van der Waals surface area contributed by atoms with E-state index in [1.165, 1.54) is 4.90 Å². The summed E-state index contributed by atoms with van der Waals surface area (Å²) in [6, 6.07) is 18.7. The zero-order valence-electron chi connectivity index (χ0n) is 23.9. The highest BCUT2D eigenvalue weighted by Crippen LogP contribution is 2.27. The summed E-state index contributed by atoms with van der Waals surface area (Å²) in [6.07, 6.45) is 0. The minimum absolute atomic E-state index is 0.0900. The zero-order valence-corrected chi connectivity index (χ0v) is 26.3. The SMILES string of the molecule is Cc1ccc(S(=O)(=O)N(CC(=O)N(Cc2ccc(Br)cc2)[C@H](C)C(=O)NCC(C)C)c2cc(C)cc(C)c2)cc1. The lowest BCUT2D eigenvalue weighted by atomic mass is 10.1. The van der Waals surface area contributed by atoms with Crippen molar-refractivity contribution in [3.05, 3.63) is 93.5 Å². The van der Waals surface area contributed by atoms with Crippen LogP contribution in [0.2, 0.25) is 0 Å². The number of aryl methyl sites for hydroxylation is 3. The molecule has 0 saturated heterocycles. The number of benzene rings is 3. The number of amides is 2. The predicted octanol–water partition coefficient (Wildman–Crippen LogP) is 5.76. The van der Waals surface area contributed by atoms with Crippen LogP contribution < -0.4 is 9.62 Å². The molecule has 0 aliphatic heterocycles. The van der Waals surface area contributed by atoms with Crippen LogP contribution in [0.5, 0.6) is 0 Å². The summed E-state index contributed by atoms with van der Waals surface area (Å²) in [6.45, 7) is 11.5. The summed E-state index contributed by atoms with van der Waals surface area (Å²) >= 11 is 3.43. The summed E-state index contributed by atoms with van der Waals surface area (Å²) in [5.74, 6) is -0.532. The van der Waals surface area contributed by atoms with Crippen LogP contribution >= 0.6 is 15.9 Å². The molecule has 0 aromatic heterocycles. The van der Waals surface area contributed by atoms with Gasteiger partial charge >= 0.3 is 0 Å². The van der Waals surface area contributed by atoms with Gasteiger partial charge in [-0.05, 0) is 86.7 Å². The van der Waals surface area contributed by atoms with Crippen LogP contribution in [0.1, 0.15) is 43.0 Å². The zero-order chi connectivity index (χ0) is 29.6. The number of rotatable bonds is 11. The molecule has 0 aliphatic carbocycles. The lowest BCUT2D eigenvalue weighted by molar-refractivity contribution is -0.139. The van der Waals surface area contributed by atoms with E-state index in [1.807, 2.05) is 65.0 Å². The normalized spacial score (nSPS) is 12.2. The number of carbonyl (C=O) groups is 2. The third-order valence-corrected chi connectivity index (χ3v) is 8.82. The van der Waals surface area contributed by atoms with Crippen molar-refractivity contribution >= 4 is 43.5 Å². The predicted molar refractivity (Wildman–Crippen MR) is 164 cm³/mol. The lowest BCUT2D eigenvalue weighted by Crippen LogP contribution is -2.51. The molecule has 0 aliphatic rings. The van der Waals surface area contributed by atoms with E-state index in [1.54, 1.807) is 43.3 Å². The maximum atomic E-state index is 14.0. The van der Waals surface area contributed by atoms with E-state index in [9.17, 15) is 18.0 Å². The molecule has 9 heteroatoms. The number of nitrogens with one attached hydrogen (secondary N) is 1. The minimum atomic E-state index is -4.10. The maximum Gasteiger partial charge on any atom is 0.264 e. The summed E-state index contributed by atoms with van der Waals surface area (Å²) in [5, 5.41) is 2.90. The van der Waals surface area contributed by atoms with Crippen LogP contribution in [0.4, 0.5) is 5.69 Å². The molecular formula is C31H38BrN3O4S. The van der Waals surface area contributed by atoms with Crippen LogP contribution in [0.3, 0.4) is 0 Å². The Hall–Kier alpha value is -3.17. The van der Waals surface area contributed by atoms with Gasteiger partial charge in [-0.3, -0.25) is 13.9 Å². The number of halogens is 1. The average molecular weight is 629 g/mol. The first-order valence-electron chi connectivity index (χ1n) is 13.3. The summed E-state index contributed by atoms with van der Waals surface area (Å²) < 4.78 is 30.0. The van der Waals surface area contributed by atoms with Gasteiger partial charge in [-0.25, -0.2) is 8.42 Å². The first-order valence-corrected chi connectivity index (χ1v) is 15.5. The van der Waals surface area contributed by atoms with Crippen molar-refractivity contribution in [3.63, 3.8) is 0 Å². The molecule has 0 heterocycles. The highest BCUT2D eigenvalue weighted by Gasteiger charge is 2.32. The fourth-order valence-electron chi connectivity index (χ4n) is 4.28. The first-order chi connectivity index (χ1) is 18.8. The van der Waals surface area contributed by atoms with Crippen molar-refractivity contribution < 1.29 is 18.0 Å². The molecule has 0 spiro atoms. The molecule has 0 radical (unpaired) electrons. The maximum absolute atomic E-state index is 14.0. The van der Waals surface area contributed by atoms with Gasteiger partial charge in [-0.15, -0.1) is 0 Å². The minimum Gasteiger partial charge on any atom is -0.354 e. The summed E-state index contributed by atoms with van der Waals surface area (Å²) in [7, 11) is -4.10. The molecule has 0 unspecified atom stereocenters. The standard InChI is InChI=1S/C31H38BrN3O4S/c1-21(2)18-33-31(37)25(6)34(19-26-9-11-27(32)12-10-26)30(36)20-35(28-16-23(4)15-24(5)17-28)40(38,39)29-13-7-22(3)8-14-29/h7-17,21,25H,18-20H2,1-6H3,(H,33,37)/t25-/m1/s1. The number of sulfonamides is 1. The molecule has 0 fully saturated rings. The molecule has 1 N–H and O–H groups in total. The number of hydrogen-bond acceptors (Lipinski definition) is 4. The van der Waals surface area contributed by atoms with E-state index in [-0.39, 0.29) is 23.3 Å². The van der Waals surface area contributed by atoms with Gasteiger partial charge in [0.25, 0.3) is 10.0 Å². The van der Waals surface area contributed by atoms with Gasteiger partial charge in [-0.2, -0.15) is 0 Å². The second-order valence-electron chi connectivity index (χ2n) is 10.6. The molecule has 3 rings (SSSR count). The fourth-order valence-corrected chi connectivity index (χ4v) is 5.94. The molecule has 7 nitrogen and oxygen atoms in total. The quantitative estimate of drug-likeness (QED) is 0.293. The van der Waals surface area contributed by atoms with Gasteiger partial charge in [-0.1, -0.05) is 65.7 Å². The Bertz CT molecular complexity index is 1420. The van der Waals surface area contributed by atoms with E-state index in [4.69, 9.17) is 0 Å². The van der Waals surface area contributed by atoms with E-state index in [0.717, 1.165) is 31.0 Å². The van der Waals surface area contributed by atoms with Crippen molar-refractivity contribution in [3.8, 4) is 0 Å². The van der Waals surface area contributed by atoms with Gasteiger partial charge in [0.2, 0.25) is 11.8 Å².